The van der Waals surface area contributed by atoms with Gasteiger partial charge in [0.15, 0.2) is 0 Å². The van der Waals surface area contributed by atoms with Crippen molar-refractivity contribution in [1.82, 2.24) is 0 Å². The Kier molecular flexibility index (Phi) is 12.6. The summed E-state index contributed by atoms with van der Waals surface area (Å²) in [6.45, 7) is 0.438. The highest BCUT2D eigenvalue weighted by atomic mass is 32.2. The number of carbonyl (C=O) groups is 4. The standard InChI is InChI=1S/C48H28F12N2O11S2/c1-24-3-16-33(23-38(24)43(49,50)44(51,52)45(53,54)46(55,56)47(57,58)48(59,60)75(69,70)71)74(67,68)32-17-14-31(15-18-32)73-30-12-8-28(9-13-30)62-40(64)35-20-5-26(22-37(35)42(62)66)25-4-19-34-36(21-25)41(65)61(39(34)63)27-6-10-29(72-2)11-7-27/h3-23H,1-2H3,(H,69,70,71). The lowest BCUT2D eigenvalue weighted by atomic mass is 9.89. The topological polar surface area (TPSA) is 182 Å². The molecular formula is C48H28F12N2O11S2. The first kappa shape index (κ1) is 53.5. The van der Waals surface area contributed by atoms with Crippen molar-refractivity contribution in [2.75, 3.05) is 16.9 Å². The molecule has 27 heteroatoms. The van der Waals surface area contributed by atoms with E-state index >= 15 is 8.78 Å². The molecule has 0 saturated heterocycles. The third-order valence-corrected chi connectivity index (χ3v) is 14.7. The van der Waals surface area contributed by atoms with Gasteiger partial charge in [-0.25, -0.2) is 18.2 Å². The van der Waals surface area contributed by atoms with E-state index in [4.69, 9.17) is 14.0 Å². The molecule has 6 aromatic rings. The summed E-state index contributed by atoms with van der Waals surface area (Å²) in [5.74, 6) is -41.6. The van der Waals surface area contributed by atoms with Gasteiger partial charge in [0.05, 0.1) is 50.5 Å². The molecule has 0 spiro atoms. The smallest absolute Gasteiger partial charge is 0.438 e. The molecule has 4 amide bonds. The van der Waals surface area contributed by atoms with Gasteiger partial charge < -0.3 is 9.47 Å². The Morgan fingerprint density at radius 1 is 0.453 bits per heavy atom. The number of benzene rings is 6. The molecule has 0 fully saturated rings. The average Bonchev–Trinajstić information content (AvgIpc) is 3.76. The largest absolute Gasteiger partial charge is 0.497 e. The molecule has 1 N–H and O–H groups in total. The fraction of sp³-hybridized carbons (Fsp3) is 0.167. The van der Waals surface area contributed by atoms with E-state index in [1.54, 1.807) is 36.4 Å². The van der Waals surface area contributed by atoms with E-state index in [9.17, 15) is 79.9 Å². The minimum absolute atomic E-state index is 0.00360. The molecule has 2 heterocycles. The maximum atomic E-state index is 15.3. The van der Waals surface area contributed by atoms with E-state index < -0.39 is 105 Å². The monoisotopic (exact) mass is 1100 g/mol. The van der Waals surface area contributed by atoms with Crippen LogP contribution in [0.2, 0.25) is 0 Å². The Balaban J connectivity index is 0.967. The van der Waals surface area contributed by atoms with Crippen molar-refractivity contribution in [2.24, 2.45) is 0 Å². The first-order valence-corrected chi connectivity index (χ1v) is 23.8. The van der Waals surface area contributed by atoms with Crippen LogP contribution in [0.3, 0.4) is 0 Å². The van der Waals surface area contributed by atoms with Gasteiger partial charge in [0.25, 0.3) is 23.6 Å². The zero-order valence-electron chi connectivity index (χ0n) is 37.4. The van der Waals surface area contributed by atoms with E-state index in [1.807, 2.05) is 0 Å². The molecular weight excluding hydrogens is 1070 g/mol. The van der Waals surface area contributed by atoms with Crippen LogP contribution in [-0.2, 0) is 25.9 Å². The SMILES string of the molecule is COc1ccc(N2C(=O)c3ccc(-c4ccc5c(c4)C(=O)N(c4ccc(Oc6ccc(S(=O)(=O)c7ccc(C)c(C(F)(F)C(F)(F)C(F)(F)C(F)(F)C(F)(F)C(F)(F)S(=O)(=O)O)c7)cc6)cc4)C5=O)cc3C2=O)cc1. The van der Waals surface area contributed by atoms with Crippen molar-refractivity contribution in [1.29, 1.82) is 0 Å². The van der Waals surface area contributed by atoms with Crippen molar-refractivity contribution in [3.8, 4) is 28.4 Å². The molecule has 392 valence electrons. The van der Waals surface area contributed by atoms with Crippen molar-refractivity contribution in [3.05, 3.63) is 161 Å². The second-order valence-electron chi connectivity index (χ2n) is 16.5. The molecule has 0 aliphatic carbocycles. The number of halogens is 12. The Bertz CT molecular complexity index is 3620. The van der Waals surface area contributed by atoms with Gasteiger partial charge in [0, 0.05) is 5.56 Å². The number of carbonyl (C=O) groups excluding carboxylic acids is 4. The second-order valence-corrected chi connectivity index (χ2v) is 19.9. The number of fused-ring (bicyclic) bond motifs is 2. The van der Waals surface area contributed by atoms with Crippen LogP contribution in [-0.4, -0.2) is 81.1 Å². The van der Waals surface area contributed by atoms with Crippen molar-refractivity contribution >= 4 is 55.0 Å². The van der Waals surface area contributed by atoms with Crippen LogP contribution in [0.4, 0.5) is 64.1 Å². The van der Waals surface area contributed by atoms with Crippen LogP contribution in [0.25, 0.3) is 11.1 Å². The van der Waals surface area contributed by atoms with Gasteiger partial charge in [-0.05, 0) is 133 Å². The molecule has 2 aliphatic heterocycles. The number of hydrogen-bond donors (Lipinski definition) is 1. The number of sulfone groups is 1. The number of anilines is 2. The number of amides is 4. The predicted molar refractivity (Wildman–Crippen MR) is 237 cm³/mol. The summed E-state index contributed by atoms with van der Waals surface area (Å²) in [5, 5.41) is -7.64. The van der Waals surface area contributed by atoms with Gasteiger partial charge >= 0.3 is 45.0 Å². The molecule has 13 nitrogen and oxygen atoms in total. The minimum Gasteiger partial charge on any atom is -0.497 e. The lowest BCUT2D eigenvalue weighted by Crippen LogP contribution is -2.71. The van der Waals surface area contributed by atoms with Gasteiger partial charge in [-0.3, -0.25) is 23.7 Å². The number of imide groups is 2. The summed E-state index contributed by atoms with van der Waals surface area (Å²) >= 11 is 0. The molecule has 2 aliphatic rings. The molecule has 0 bridgehead atoms. The summed E-state index contributed by atoms with van der Waals surface area (Å²) in [6, 6.07) is 24.2. The summed E-state index contributed by atoms with van der Waals surface area (Å²) in [4.78, 5) is 53.5. The first-order valence-electron chi connectivity index (χ1n) is 20.8. The molecule has 8 rings (SSSR count). The highest BCUT2D eigenvalue weighted by Crippen LogP contribution is 2.63. The molecule has 0 radical (unpaired) electrons. The Morgan fingerprint density at radius 2 is 0.840 bits per heavy atom. The number of rotatable bonds is 15. The van der Waals surface area contributed by atoms with Crippen molar-refractivity contribution in [3.63, 3.8) is 0 Å². The fourth-order valence-corrected chi connectivity index (χ4v) is 9.61. The van der Waals surface area contributed by atoms with E-state index in [0.717, 1.165) is 34.1 Å². The highest BCUT2D eigenvalue weighted by Gasteiger charge is 2.92. The van der Waals surface area contributed by atoms with Crippen LogP contribution in [0.5, 0.6) is 17.2 Å². The Hall–Kier alpha value is -7.78. The van der Waals surface area contributed by atoms with E-state index in [2.05, 4.69) is 0 Å². The maximum absolute atomic E-state index is 15.3. The number of nitrogens with zero attached hydrogens (tertiary/aromatic N) is 2. The molecule has 75 heavy (non-hydrogen) atoms. The van der Waals surface area contributed by atoms with E-state index in [0.29, 0.717) is 41.6 Å². The van der Waals surface area contributed by atoms with E-state index in [1.165, 1.54) is 55.6 Å². The van der Waals surface area contributed by atoms with E-state index in [-0.39, 0.29) is 39.4 Å². The second kappa shape index (κ2) is 17.7. The molecule has 0 aromatic heterocycles. The maximum Gasteiger partial charge on any atom is 0.438 e. The number of methoxy groups -OCH3 is 1. The van der Waals surface area contributed by atoms with Gasteiger partial charge in [-0.15, -0.1) is 0 Å². The van der Waals surface area contributed by atoms with Gasteiger partial charge in [-0.2, -0.15) is 61.1 Å². The Morgan fingerprint density at radius 3 is 1.27 bits per heavy atom. The summed E-state index contributed by atoms with van der Waals surface area (Å²) in [7, 11) is -11.5. The van der Waals surface area contributed by atoms with Crippen LogP contribution in [0.1, 0.15) is 52.6 Å². The fourth-order valence-electron chi connectivity index (χ4n) is 7.88. The summed E-state index contributed by atoms with van der Waals surface area (Å²) < 4.78 is 241. The lowest BCUT2D eigenvalue weighted by Gasteiger charge is -2.40. The zero-order valence-corrected chi connectivity index (χ0v) is 39.0. The highest BCUT2D eigenvalue weighted by molar-refractivity contribution is 7.91. The number of ether oxygens (including phenoxy) is 2. The van der Waals surface area contributed by atoms with Crippen molar-refractivity contribution < 1.29 is 103 Å². The van der Waals surface area contributed by atoms with Crippen LogP contribution >= 0.6 is 0 Å². The molecule has 0 unspecified atom stereocenters. The molecule has 0 saturated carbocycles. The number of alkyl halides is 12. The third-order valence-electron chi connectivity index (χ3n) is 12.0. The Labute approximate surface area is 414 Å². The zero-order chi connectivity index (χ0) is 55.4. The molecule has 0 atom stereocenters. The van der Waals surface area contributed by atoms with Crippen LogP contribution in [0, 0.1) is 6.92 Å². The van der Waals surface area contributed by atoms with Gasteiger partial charge in [0.1, 0.15) is 17.2 Å². The molecule has 6 aromatic carbocycles. The first-order chi connectivity index (χ1) is 34.6. The summed E-state index contributed by atoms with van der Waals surface area (Å²) in [6.07, 6.45) is 0. The van der Waals surface area contributed by atoms with Crippen LogP contribution < -0.4 is 19.3 Å². The summed E-state index contributed by atoms with van der Waals surface area (Å²) in [5.41, 5.74) is -2.21. The predicted octanol–water partition coefficient (Wildman–Crippen LogP) is 11.0. The minimum atomic E-state index is -8.36. The van der Waals surface area contributed by atoms with Crippen LogP contribution in [0.15, 0.2) is 137 Å². The third kappa shape index (κ3) is 8.14. The number of aryl methyl sites for hydroxylation is 1. The van der Waals surface area contributed by atoms with Gasteiger partial charge in [0.2, 0.25) is 9.84 Å². The normalized spacial score (nSPS) is 14.9. The quantitative estimate of drug-likeness (QED) is 0.0587. The van der Waals surface area contributed by atoms with Gasteiger partial charge in [-0.1, -0.05) is 18.2 Å². The van der Waals surface area contributed by atoms with Crippen molar-refractivity contribution in [2.45, 2.75) is 51.6 Å². The number of hydrogen-bond acceptors (Lipinski definition) is 10. The average molecular weight is 1100 g/mol. The lowest BCUT2D eigenvalue weighted by molar-refractivity contribution is -0.419.